The molecular formula is C16H21N5O. The maximum absolute atomic E-state index is 12.6. The molecule has 1 aliphatic rings. The molecule has 3 heterocycles. The van der Waals surface area contributed by atoms with Crippen molar-refractivity contribution in [2.75, 3.05) is 31.1 Å². The number of amides is 1. The molecule has 1 fully saturated rings. The van der Waals surface area contributed by atoms with Crippen molar-refractivity contribution in [2.45, 2.75) is 13.8 Å². The molecule has 1 amide bonds. The van der Waals surface area contributed by atoms with Gasteiger partial charge in [0.25, 0.3) is 5.91 Å². The molecule has 3 rings (SSSR count). The van der Waals surface area contributed by atoms with Crippen LogP contribution in [0.1, 0.15) is 21.6 Å². The molecule has 6 nitrogen and oxygen atoms in total. The smallest absolute Gasteiger partial charge is 0.257 e. The van der Waals surface area contributed by atoms with Gasteiger partial charge in [-0.2, -0.15) is 5.10 Å². The van der Waals surface area contributed by atoms with Crippen molar-refractivity contribution in [2.24, 2.45) is 7.05 Å². The van der Waals surface area contributed by atoms with E-state index in [4.69, 9.17) is 0 Å². The largest absolute Gasteiger partial charge is 0.353 e. The fraction of sp³-hybridized carbons (Fsp3) is 0.438. The monoisotopic (exact) mass is 299 g/mol. The standard InChI is InChI=1S/C16H21N5O/c1-12-5-4-6-17-15(12)20-7-9-21(10-8-20)16(22)14-11-19(3)18-13(14)2/h4-6,11H,7-10H2,1-3H3. The third-order valence-electron chi connectivity index (χ3n) is 4.09. The van der Waals surface area contributed by atoms with Crippen molar-refractivity contribution in [3.8, 4) is 0 Å². The minimum Gasteiger partial charge on any atom is -0.353 e. The van der Waals surface area contributed by atoms with E-state index >= 15 is 0 Å². The van der Waals surface area contributed by atoms with Crippen molar-refractivity contribution >= 4 is 11.7 Å². The first kappa shape index (κ1) is 14.6. The molecule has 2 aromatic heterocycles. The van der Waals surface area contributed by atoms with E-state index in [9.17, 15) is 4.79 Å². The van der Waals surface area contributed by atoms with Crippen molar-refractivity contribution in [3.63, 3.8) is 0 Å². The van der Waals surface area contributed by atoms with E-state index in [1.54, 1.807) is 10.9 Å². The van der Waals surface area contributed by atoms with Crippen LogP contribution in [0.4, 0.5) is 5.82 Å². The van der Waals surface area contributed by atoms with Crippen LogP contribution in [0, 0.1) is 13.8 Å². The van der Waals surface area contributed by atoms with Crippen LogP contribution in [0.25, 0.3) is 0 Å². The summed E-state index contributed by atoms with van der Waals surface area (Å²) in [7, 11) is 1.84. The number of pyridine rings is 1. The Kier molecular flexibility index (Phi) is 3.83. The molecule has 6 heteroatoms. The van der Waals surface area contributed by atoms with Gasteiger partial charge < -0.3 is 9.80 Å². The Morgan fingerprint density at radius 3 is 2.50 bits per heavy atom. The fourth-order valence-corrected chi connectivity index (χ4v) is 2.91. The number of aryl methyl sites for hydroxylation is 3. The summed E-state index contributed by atoms with van der Waals surface area (Å²) in [6, 6.07) is 4.02. The fourth-order valence-electron chi connectivity index (χ4n) is 2.91. The summed E-state index contributed by atoms with van der Waals surface area (Å²) in [6.07, 6.45) is 3.62. The zero-order chi connectivity index (χ0) is 15.7. The Labute approximate surface area is 130 Å². The highest BCUT2D eigenvalue weighted by molar-refractivity contribution is 5.95. The van der Waals surface area contributed by atoms with Gasteiger partial charge in [0, 0.05) is 45.6 Å². The second-order valence-corrected chi connectivity index (χ2v) is 5.73. The van der Waals surface area contributed by atoms with Crippen LogP contribution < -0.4 is 4.90 Å². The average molecular weight is 299 g/mol. The zero-order valence-corrected chi connectivity index (χ0v) is 13.3. The summed E-state index contributed by atoms with van der Waals surface area (Å²) in [6.45, 7) is 6.98. The molecule has 1 aliphatic heterocycles. The third-order valence-corrected chi connectivity index (χ3v) is 4.09. The van der Waals surface area contributed by atoms with Gasteiger partial charge in [0.15, 0.2) is 0 Å². The van der Waals surface area contributed by atoms with E-state index in [1.807, 2.05) is 31.1 Å². The SMILES string of the molecule is Cc1cccnc1N1CCN(C(=O)c2cn(C)nc2C)CC1. The summed E-state index contributed by atoms with van der Waals surface area (Å²) < 4.78 is 1.69. The first-order chi connectivity index (χ1) is 10.6. The van der Waals surface area contributed by atoms with Crippen molar-refractivity contribution < 1.29 is 4.79 Å². The van der Waals surface area contributed by atoms with Crippen LogP contribution in [-0.2, 0) is 7.05 Å². The highest BCUT2D eigenvalue weighted by Crippen LogP contribution is 2.19. The second-order valence-electron chi connectivity index (χ2n) is 5.73. The predicted octanol–water partition coefficient (Wildman–Crippen LogP) is 1.39. The Balaban J connectivity index is 1.68. The van der Waals surface area contributed by atoms with Crippen molar-refractivity contribution in [1.82, 2.24) is 19.7 Å². The van der Waals surface area contributed by atoms with Crippen LogP contribution in [0.3, 0.4) is 0 Å². The number of aromatic nitrogens is 3. The van der Waals surface area contributed by atoms with Crippen LogP contribution in [0.15, 0.2) is 24.5 Å². The van der Waals surface area contributed by atoms with Crippen LogP contribution in [0.5, 0.6) is 0 Å². The molecule has 116 valence electrons. The zero-order valence-electron chi connectivity index (χ0n) is 13.3. The highest BCUT2D eigenvalue weighted by Gasteiger charge is 2.25. The van der Waals surface area contributed by atoms with Gasteiger partial charge in [0.1, 0.15) is 5.82 Å². The highest BCUT2D eigenvalue weighted by atomic mass is 16.2. The normalized spacial score (nSPS) is 15.2. The number of hydrogen-bond donors (Lipinski definition) is 0. The van der Waals surface area contributed by atoms with Crippen molar-refractivity contribution in [3.05, 3.63) is 41.3 Å². The van der Waals surface area contributed by atoms with E-state index in [2.05, 4.69) is 28.0 Å². The van der Waals surface area contributed by atoms with E-state index in [1.165, 1.54) is 5.56 Å². The van der Waals surface area contributed by atoms with Gasteiger partial charge in [-0.1, -0.05) is 6.07 Å². The average Bonchev–Trinajstić information content (AvgIpc) is 2.86. The van der Waals surface area contributed by atoms with Crippen LogP contribution in [-0.4, -0.2) is 51.8 Å². The van der Waals surface area contributed by atoms with Gasteiger partial charge >= 0.3 is 0 Å². The van der Waals surface area contributed by atoms with E-state index < -0.39 is 0 Å². The maximum atomic E-state index is 12.6. The van der Waals surface area contributed by atoms with Gasteiger partial charge in [0.05, 0.1) is 11.3 Å². The molecule has 0 spiro atoms. The Morgan fingerprint density at radius 2 is 1.91 bits per heavy atom. The Morgan fingerprint density at radius 1 is 1.18 bits per heavy atom. The summed E-state index contributed by atoms with van der Waals surface area (Å²) >= 11 is 0. The minimum atomic E-state index is 0.0722. The molecule has 2 aromatic rings. The quantitative estimate of drug-likeness (QED) is 0.841. The van der Waals surface area contributed by atoms with E-state index in [-0.39, 0.29) is 5.91 Å². The Bertz CT molecular complexity index is 686. The summed E-state index contributed by atoms with van der Waals surface area (Å²) in [4.78, 5) is 21.2. The number of hydrogen-bond acceptors (Lipinski definition) is 4. The molecular weight excluding hydrogens is 278 g/mol. The molecule has 1 saturated heterocycles. The lowest BCUT2D eigenvalue weighted by Crippen LogP contribution is -2.49. The summed E-state index contributed by atoms with van der Waals surface area (Å²) in [5.41, 5.74) is 2.66. The first-order valence-electron chi connectivity index (χ1n) is 7.52. The lowest BCUT2D eigenvalue weighted by atomic mass is 10.2. The number of carbonyl (C=O) groups is 1. The number of carbonyl (C=O) groups excluding carboxylic acids is 1. The third kappa shape index (κ3) is 2.68. The van der Waals surface area contributed by atoms with Crippen LogP contribution in [0.2, 0.25) is 0 Å². The molecule has 0 radical (unpaired) electrons. The summed E-state index contributed by atoms with van der Waals surface area (Å²) in [5, 5.41) is 4.25. The van der Waals surface area contributed by atoms with E-state index in [0.29, 0.717) is 18.7 Å². The lowest BCUT2D eigenvalue weighted by molar-refractivity contribution is 0.0745. The van der Waals surface area contributed by atoms with Gasteiger partial charge in [-0.05, 0) is 25.5 Å². The Hall–Kier alpha value is -2.37. The predicted molar refractivity (Wildman–Crippen MR) is 85.0 cm³/mol. The molecule has 22 heavy (non-hydrogen) atoms. The van der Waals surface area contributed by atoms with Gasteiger partial charge in [-0.15, -0.1) is 0 Å². The number of piperazine rings is 1. The van der Waals surface area contributed by atoms with E-state index in [0.717, 1.165) is 24.6 Å². The van der Waals surface area contributed by atoms with Crippen molar-refractivity contribution in [1.29, 1.82) is 0 Å². The molecule has 0 N–H and O–H groups in total. The van der Waals surface area contributed by atoms with Gasteiger partial charge in [0.2, 0.25) is 0 Å². The van der Waals surface area contributed by atoms with Gasteiger partial charge in [-0.3, -0.25) is 9.48 Å². The number of rotatable bonds is 2. The maximum Gasteiger partial charge on any atom is 0.257 e. The lowest BCUT2D eigenvalue weighted by Gasteiger charge is -2.36. The first-order valence-corrected chi connectivity index (χ1v) is 7.52. The summed E-state index contributed by atoms with van der Waals surface area (Å²) in [5.74, 6) is 1.09. The molecule has 0 atom stereocenters. The topological polar surface area (TPSA) is 54.3 Å². The molecule has 0 unspecified atom stereocenters. The van der Waals surface area contributed by atoms with Gasteiger partial charge in [-0.25, -0.2) is 4.98 Å². The van der Waals surface area contributed by atoms with Crippen LogP contribution >= 0.6 is 0 Å². The number of nitrogens with zero attached hydrogens (tertiary/aromatic N) is 5. The second kappa shape index (κ2) is 5.79. The number of anilines is 1. The minimum absolute atomic E-state index is 0.0722. The molecule has 0 aliphatic carbocycles. The molecule has 0 saturated carbocycles. The molecule has 0 bridgehead atoms. The molecule has 0 aromatic carbocycles.